The van der Waals surface area contributed by atoms with Gasteiger partial charge in [-0.1, -0.05) is 46.3 Å². The summed E-state index contributed by atoms with van der Waals surface area (Å²) in [5, 5.41) is 9.67. The van der Waals surface area contributed by atoms with Crippen LogP contribution in [0, 0.1) is 0 Å². The van der Waals surface area contributed by atoms with Crippen LogP contribution in [-0.2, 0) is 13.2 Å². The van der Waals surface area contributed by atoms with Gasteiger partial charge in [0.1, 0.15) is 12.4 Å². The predicted molar refractivity (Wildman–Crippen MR) is 109 cm³/mol. The summed E-state index contributed by atoms with van der Waals surface area (Å²) < 4.78 is 7.12. The molecule has 2 aromatic carbocycles. The summed E-state index contributed by atoms with van der Waals surface area (Å²) in [6.07, 6.45) is 3.03. The molecule has 0 aromatic heterocycles. The molecule has 3 N–H and O–H groups in total. The van der Waals surface area contributed by atoms with Crippen LogP contribution in [0.1, 0.15) is 30.4 Å². The normalized spacial score (nSPS) is 24.0. The van der Waals surface area contributed by atoms with Crippen molar-refractivity contribution in [3.05, 3.63) is 64.1 Å². The van der Waals surface area contributed by atoms with E-state index in [4.69, 9.17) is 4.74 Å². The quantitative estimate of drug-likeness (QED) is 0.655. The molecule has 1 saturated carbocycles. The molecule has 2 aromatic rings. The SMILES string of the molecule is O=C1NC2CCC(NCc3cc(Br)ccc3OCc3ccccc3)CC2N1. The number of fused-ring (bicyclic) bond motifs is 1. The fraction of sp³-hybridized carbons (Fsp3) is 0.381. The van der Waals surface area contributed by atoms with E-state index in [1.165, 1.54) is 0 Å². The van der Waals surface area contributed by atoms with Gasteiger partial charge in [0.05, 0.1) is 12.1 Å². The lowest BCUT2D eigenvalue weighted by molar-refractivity contribution is 0.247. The Bertz CT molecular complexity index is 799. The second-order valence-electron chi connectivity index (χ2n) is 7.25. The Morgan fingerprint density at radius 3 is 2.74 bits per heavy atom. The summed E-state index contributed by atoms with van der Waals surface area (Å²) in [5.41, 5.74) is 2.29. The third-order valence-electron chi connectivity index (χ3n) is 5.32. The van der Waals surface area contributed by atoms with Gasteiger partial charge in [0.25, 0.3) is 0 Å². The Kier molecular flexibility index (Phi) is 5.64. The summed E-state index contributed by atoms with van der Waals surface area (Å²) in [6.45, 7) is 1.30. The van der Waals surface area contributed by atoms with Crippen molar-refractivity contribution in [1.29, 1.82) is 0 Å². The number of hydrogen-bond donors (Lipinski definition) is 3. The zero-order valence-corrected chi connectivity index (χ0v) is 16.7. The van der Waals surface area contributed by atoms with Crippen LogP contribution >= 0.6 is 15.9 Å². The summed E-state index contributed by atoms with van der Waals surface area (Å²) >= 11 is 3.56. The molecule has 3 unspecified atom stereocenters. The third kappa shape index (κ3) is 4.62. The highest BCUT2D eigenvalue weighted by Gasteiger charge is 2.36. The number of halogens is 1. The first-order valence-electron chi connectivity index (χ1n) is 9.43. The molecule has 4 rings (SSSR count). The van der Waals surface area contributed by atoms with Crippen molar-refractivity contribution < 1.29 is 9.53 Å². The predicted octanol–water partition coefficient (Wildman–Crippen LogP) is 3.72. The van der Waals surface area contributed by atoms with Crippen LogP contribution in [-0.4, -0.2) is 24.2 Å². The first kappa shape index (κ1) is 18.3. The van der Waals surface area contributed by atoms with Crippen molar-refractivity contribution in [2.45, 2.75) is 50.5 Å². The maximum atomic E-state index is 11.5. The number of amides is 2. The summed E-state index contributed by atoms with van der Waals surface area (Å²) in [4.78, 5) is 11.5. The summed E-state index contributed by atoms with van der Waals surface area (Å²) in [5.74, 6) is 0.902. The Hall–Kier alpha value is -2.05. The highest BCUT2D eigenvalue weighted by Crippen LogP contribution is 2.26. The zero-order valence-electron chi connectivity index (χ0n) is 15.1. The standard InChI is InChI=1S/C21H24BrN3O2/c22-16-6-9-20(27-13-14-4-2-1-3-5-14)15(10-16)12-23-17-7-8-18-19(11-17)25-21(26)24-18/h1-6,9-10,17-19,23H,7-8,11-13H2,(H2,24,25,26). The first-order chi connectivity index (χ1) is 13.2. The molecule has 2 fully saturated rings. The largest absolute Gasteiger partial charge is 0.489 e. The topological polar surface area (TPSA) is 62.4 Å². The van der Waals surface area contributed by atoms with Crippen LogP contribution in [0.2, 0.25) is 0 Å². The number of rotatable bonds is 6. The molecule has 0 spiro atoms. The number of ether oxygens (including phenoxy) is 1. The number of benzene rings is 2. The van der Waals surface area contributed by atoms with Crippen LogP contribution < -0.4 is 20.7 Å². The van der Waals surface area contributed by atoms with Gasteiger partial charge in [0, 0.05) is 22.6 Å². The number of nitrogens with one attached hydrogen (secondary N) is 3. The number of hydrogen-bond acceptors (Lipinski definition) is 3. The van der Waals surface area contributed by atoms with Gasteiger partial charge in [-0.05, 0) is 43.0 Å². The highest BCUT2D eigenvalue weighted by atomic mass is 79.9. The van der Waals surface area contributed by atoms with E-state index >= 15 is 0 Å². The fourth-order valence-corrected chi connectivity index (χ4v) is 4.29. The average molecular weight is 430 g/mol. The minimum atomic E-state index is -0.0331. The lowest BCUT2D eigenvalue weighted by Crippen LogP contribution is -2.46. The maximum Gasteiger partial charge on any atom is 0.315 e. The Labute approximate surface area is 168 Å². The number of carbonyl (C=O) groups excluding carboxylic acids is 1. The van der Waals surface area contributed by atoms with Gasteiger partial charge in [-0.15, -0.1) is 0 Å². The van der Waals surface area contributed by atoms with Crippen LogP contribution in [0.3, 0.4) is 0 Å². The molecular weight excluding hydrogens is 406 g/mol. The van der Waals surface area contributed by atoms with Crippen LogP contribution in [0.5, 0.6) is 5.75 Å². The molecule has 0 radical (unpaired) electrons. The molecule has 1 saturated heterocycles. The molecule has 5 nitrogen and oxygen atoms in total. The van der Waals surface area contributed by atoms with E-state index in [1.54, 1.807) is 0 Å². The van der Waals surface area contributed by atoms with Crippen molar-refractivity contribution in [1.82, 2.24) is 16.0 Å². The van der Waals surface area contributed by atoms with Gasteiger partial charge in [-0.3, -0.25) is 0 Å². The van der Waals surface area contributed by atoms with Crippen molar-refractivity contribution in [2.24, 2.45) is 0 Å². The van der Waals surface area contributed by atoms with Crippen molar-refractivity contribution >= 4 is 22.0 Å². The van der Waals surface area contributed by atoms with E-state index in [2.05, 4.69) is 50.1 Å². The molecule has 0 bridgehead atoms. The second kappa shape index (κ2) is 8.31. The molecule has 142 valence electrons. The van der Waals surface area contributed by atoms with Crippen LogP contribution in [0.4, 0.5) is 4.79 Å². The van der Waals surface area contributed by atoms with Gasteiger partial charge in [-0.25, -0.2) is 4.79 Å². The van der Waals surface area contributed by atoms with Crippen molar-refractivity contribution in [2.75, 3.05) is 0 Å². The molecule has 6 heteroatoms. The fourth-order valence-electron chi connectivity index (χ4n) is 3.88. The van der Waals surface area contributed by atoms with Crippen LogP contribution in [0.25, 0.3) is 0 Å². The van der Waals surface area contributed by atoms with Gasteiger partial charge in [0.2, 0.25) is 0 Å². The molecule has 2 amide bonds. The van der Waals surface area contributed by atoms with Gasteiger partial charge in [-0.2, -0.15) is 0 Å². The molecule has 3 atom stereocenters. The monoisotopic (exact) mass is 429 g/mol. The summed E-state index contributed by atoms with van der Waals surface area (Å²) in [6, 6.07) is 17.2. The number of carbonyl (C=O) groups is 1. The number of urea groups is 1. The van der Waals surface area contributed by atoms with E-state index in [0.717, 1.165) is 47.2 Å². The Morgan fingerprint density at radius 2 is 1.89 bits per heavy atom. The highest BCUT2D eigenvalue weighted by molar-refractivity contribution is 9.10. The maximum absolute atomic E-state index is 11.5. The van der Waals surface area contributed by atoms with E-state index in [1.807, 2.05) is 30.3 Å². The molecule has 2 aliphatic rings. The molecular formula is C21H24BrN3O2. The molecule has 27 heavy (non-hydrogen) atoms. The lowest BCUT2D eigenvalue weighted by atomic mass is 9.88. The van der Waals surface area contributed by atoms with Gasteiger partial charge in [0.15, 0.2) is 0 Å². The summed E-state index contributed by atoms with van der Waals surface area (Å²) in [7, 11) is 0. The van der Waals surface area contributed by atoms with Crippen molar-refractivity contribution in [3.63, 3.8) is 0 Å². The first-order valence-corrected chi connectivity index (χ1v) is 10.2. The minimum Gasteiger partial charge on any atom is -0.489 e. The Balaban J connectivity index is 1.36. The van der Waals surface area contributed by atoms with E-state index in [-0.39, 0.29) is 18.1 Å². The molecule has 1 heterocycles. The van der Waals surface area contributed by atoms with Crippen LogP contribution in [0.15, 0.2) is 53.0 Å². The van der Waals surface area contributed by atoms with Gasteiger partial charge < -0.3 is 20.7 Å². The van der Waals surface area contributed by atoms with Crippen molar-refractivity contribution in [3.8, 4) is 5.75 Å². The third-order valence-corrected chi connectivity index (χ3v) is 5.82. The molecule has 1 aliphatic heterocycles. The minimum absolute atomic E-state index is 0.0331. The van der Waals surface area contributed by atoms with E-state index in [0.29, 0.717) is 12.6 Å². The van der Waals surface area contributed by atoms with E-state index < -0.39 is 0 Å². The smallest absolute Gasteiger partial charge is 0.315 e. The van der Waals surface area contributed by atoms with E-state index in [9.17, 15) is 4.79 Å². The van der Waals surface area contributed by atoms with Gasteiger partial charge >= 0.3 is 6.03 Å². The zero-order chi connectivity index (χ0) is 18.6. The molecule has 1 aliphatic carbocycles. The average Bonchev–Trinajstić information content (AvgIpc) is 3.05. The Morgan fingerprint density at radius 1 is 1.07 bits per heavy atom. The lowest BCUT2D eigenvalue weighted by Gasteiger charge is -2.31. The second-order valence-corrected chi connectivity index (χ2v) is 8.16.